The summed E-state index contributed by atoms with van der Waals surface area (Å²) in [6.07, 6.45) is 5.60. The topological polar surface area (TPSA) is 123 Å². The van der Waals surface area contributed by atoms with Crippen molar-refractivity contribution in [2.24, 2.45) is 5.92 Å². The molecule has 9 nitrogen and oxygen atoms in total. The molecule has 0 bridgehead atoms. The van der Waals surface area contributed by atoms with E-state index in [1.807, 2.05) is 26.0 Å². The molecule has 0 unspecified atom stereocenters. The molecule has 3 heterocycles. The first-order valence-electron chi connectivity index (χ1n) is 11.2. The van der Waals surface area contributed by atoms with E-state index in [0.717, 1.165) is 36.9 Å². The Morgan fingerprint density at radius 2 is 2.00 bits per heavy atom. The van der Waals surface area contributed by atoms with E-state index in [2.05, 4.69) is 22.4 Å². The number of anilines is 1. The van der Waals surface area contributed by atoms with E-state index in [-0.39, 0.29) is 30.4 Å². The Hall–Kier alpha value is -3.23. The zero-order valence-corrected chi connectivity index (χ0v) is 18.7. The van der Waals surface area contributed by atoms with Crippen molar-refractivity contribution in [3.8, 4) is 11.3 Å². The lowest BCUT2D eigenvalue weighted by Gasteiger charge is -2.30. The maximum atomic E-state index is 13.5. The minimum Gasteiger partial charge on any atom is -0.481 e. The SMILES string of the molecule is Cc1noc(C)c1-c1ccc2nc(NCCC(=O)O)c(=O)n([C@@H](C)C3CCCCC3)c2n1. The summed E-state index contributed by atoms with van der Waals surface area (Å²) < 4.78 is 7.05. The number of carboxylic acids is 1. The van der Waals surface area contributed by atoms with Crippen LogP contribution in [0.25, 0.3) is 22.4 Å². The first-order chi connectivity index (χ1) is 15.4. The monoisotopic (exact) mass is 439 g/mol. The summed E-state index contributed by atoms with van der Waals surface area (Å²) in [7, 11) is 0. The lowest BCUT2D eigenvalue weighted by Crippen LogP contribution is -2.32. The molecule has 0 spiro atoms. The van der Waals surface area contributed by atoms with E-state index in [9.17, 15) is 9.59 Å². The average molecular weight is 440 g/mol. The van der Waals surface area contributed by atoms with Crippen LogP contribution >= 0.6 is 0 Å². The van der Waals surface area contributed by atoms with Crippen molar-refractivity contribution in [1.82, 2.24) is 19.7 Å². The molecule has 1 saturated carbocycles. The Kier molecular flexibility index (Phi) is 6.25. The lowest BCUT2D eigenvalue weighted by atomic mass is 9.84. The second-order valence-corrected chi connectivity index (χ2v) is 8.58. The van der Waals surface area contributed by atoms with Crippen molar-refractivity contribution in [2.45, 2.75) is 65.3 Å². The highest BCUT2D eigenvalue weighted by molar-refractivity contribution is 5.77. The fourth-order valence-electron chi connectivity index (χ4n) is 4.68. The second-order valence-electron chi connectivity index (χ2n) is 8.58. The van der Waals surface area contributed by atoms with Gasteiger partial charge < -0.3 is 14.9 Å². The Morgan fingerprint density at radius 3 is 2.66 bits per heavy atom. The highest BCUT2D eigenvalue weighted by Gasteiger charge is 2.26. The molecule has 3 aromatic heterocycles. The van der Waals surface area contributed by atoms with E-state index >= 15 is 0 Å². The van der Waals surface area contributed by atoms with Crippen LogP contribution in [-0.4, -0.2) is 37.3 Å². The number of carbonyl (C=O) groups is 1. The predicted octanol–water partition coefficient (Wildman–Crippen LogP) is 4.09. The molecule has 170 valence electrons. The molecular formula is C23H29N5O4. The third-order valence-corrected chi connectivity index (χ3v) is 6.40. The number of rotatable bonds is 7. The van der Waals surface area contributed by atoms with Crippen LogP contribution in [0, 0.1) is 19.8 Å². The molecule has 1 aliphatic carbocycles. The Labute approximate surface area is 185 Å². The number of aromatic nitrogens is 4. The molecule has 9 heteroatoms. The van der Waals surface area contributed by atoms with Gasteiger partial charge in [0.1, 0.15) is 11.3 Å². The third kappa shape index (κ3) is 4.24. The van der Waals surface area contributed by atoms with Crippen LogP contribution < -0.4 is 10.9 Å². The summed E-state index contributed by atoms with van der Waals surface area (Å²) >= 11 is 0. The number of pyridine rings is 1. The number of aryl methyl sites for hydroxylation is 2. The van der Waals surface area contributed by atoms with Crippen molar-refractivity contribution in [3.05, 3.63) is 33.9 Å². The number of carboxylic acid groups (broad SMARTS) is 1. The van der Waals surface area contributed by atoms with Gasteiger partial charge in [0, 0.05) is 12.6 Å². The van der Waals surface area contributed by atoms with Crippen molar-refractivity contribution >= 4 is 23.0 Å². The normalized spacial score (nSPS) is 15.7. The summed E-state index contributed by atoms with van der Waals surface area (Å²) in [6.45, 7) is 5.91. The zero-order chi connectivity index (χ0) is 22.8. The van der Waals surface area contributed by atoms with Gasteiger partial charge in [0.25, 0.3) is 5.56 Å². The molecule has 4 rings (SSSR count). The largest absolute Gasteiger partial charge is 0.481 e. The van der Waals surface area contributed by atoms with Gasteiger partial charge >= 0.3 is 5.97 Å². The number of nitrogens with zero attached hydrogens (tertiary/aromatic N) is 4. The number of hydrogen-bond acceptors (Lipinski definition) is 7. The van der Waals surface area contributed by atoms with Crippen molar-refractivity contribution in [2.75, 3.05) is 11.9 Å². The van der Waals surface area contributed by atoms with Gasteiger partial charge in [-0.2, -0.15) is 0 Å². The summed E-state index contributed by atoms with van der Waals surface area (Å²) in [5, 5.41) is 15.9. The minimum absolute atomic E-state index is 0.0549. The van der Waals surface area contributed by atoms with Gasteiger partial charge in [-0.3, -0.25) is 14.2 Å². The van der Waals surface area contributed by atoms with E-state index in [0.29, 0.717) is 28.5 Å². The first kappa shape index (κ1) is 22.0. The highest BCUT2D eigenvalue weighted by Crippen LogP contribution is 2.34. The van der Waals surface area contributed by atoms with Crippen molar-refractivity contribution in [3.63, 3.8) is 0 Å². The van der Waals surface area contributed by atoms with Gasteiger partial charge in [-0.05, 0) is 51.7 Å². The first-order valence-corrected chi connectivity index (χ1v) is 11.2. The maximum Gasteiger partial charge on any atom is 0.305 e. The van der Waals surface area contributed by atoms with Gasteiger partial charge in [0.15, 0.2) is 11.5 Å². The Balaban J connectivity index is 1.85. The molecule has 32 heavy (non-hydrogen) atoms. The van der Waals surface area contributed by atoms with E-state index < -0.39 is 5.97 Å². The van der Waals surface area contributed by atoms with Gasteiger partial charge in [-0.25, -0.2) is 9.97 Å². The number of hydrogen-bond donors (Lipinski definition) is 2. The van der Waals surface area contributed by atoms with Crippen LogP contribution in [0.15, 0.2) is 21.5 Å². The molecule has 3 aromatic rings. The van der Waals surface area contributed by atoms with Gasteiger partial charge in [-0.15, -0.1) is 0 Å². The van der Waals surface area contributed by atoms with Gasteiger partial charge in [0.05, 0.1) is 23.4 Å². The molecule has 0 radical (unpaired) electrons. The summed E-state index contributed by atoms with van der Waals surface area (Å²) in [6, 6.07) is 3.64. The zero-order valence-electron chi connectivity index (χ0n) is 18.7. The Morgan fingerprint density at radius 1 is 1.25 bits per heavy atom. The minimum atomic E-state index is -0.931. The number of nitrogens with one attached hydrogen (secondary N) is 1. The fourth-order valence-corrected chi connectivity index (χ4v) is 4.68. The van der Waals surface area contributed by atoms with Crippen molar-refractivity contribution in [1.29, 1.82) is 0 Å². The fraction of sp³-hybridized carbons (Fsp3) is 0.522. The van der Waals surface area contributed by atoms with Gasteiger partial charge in [-0.1, -0.05) is 24.4 Å². The molecule has 2 N–H and O–H groups in total. The molecule has 1 atom stereocenters. The molecule has 0 aliphatic heterocycles. The molecule has 0 saturated heterocycles. The summed E-state index contributed by atoms with van der Waals surface area (Å²) in [5.74, 6) is 0.278. The van der Waals surface area contributed by atoms with E-state index in [1.54, 1.807) is 4.57 Å². The van der Waals surface area contributed by atoms with Crippen LogP contribution in [0.4, 0.5) is 5.82 Å². The van der Waals surface area contributed by atoms with Gasteiger partial charge in [0.2, 0.25) is 0 Å². The average Bonchev–Trinajstić information content (AvgIpc) is 3.12. The summed E-state index contributed by atoms with van der Waals surface area (Å²) in [5.41, 5.74) is 3.08. The molecular weight excluding hydrogens is 410 g/mol. The van der Waals surface area contributed by atoms with Crippen LogP contribution in [0.1, 0.15) is 62.9 Å². The van der Waals surface area contributed by atoms with E-state index in [4.69, 9.17) is 14.6 Å². The maximum absolute atomic E-state index is 13.5. The second kappa shape index (κ2) is 9.10. The molecule has 1 fully saturated rings. The van der Waals surface area contributed by atoms with Crippen LogP contribution in [-0.2, 0) is 4.79 Å². The Bertz CT molecular complexity index is 1170. The smallest absolute Gasteiger partial charge is 0.305 e. The predicted molar refractivity (Wildman–Crippen MR) is 121 cm³/mol. The summed E-state index contributed by atoms with van der Waals surface area (Å²) in [4.78, 5) is 33.7. The van der Waals surface area contributed by atoms with Crippen molar-refractivity contribution < 1.29 is 14.4 Å². The third-order valence-electron chi connectivity index (χ3n) is 6.40. The van der Waals surface area contributed by atoms with Crippen LogP contribution in [0.3, 0.4) is 0 Å². The molecule has 1 aliphatic rings. The quantitative estimate of drug-likeness (QED) is 0.564. The number of aliphatic carboxylic acids is 1. The lowest BCUT2D eigenvalue weighted by molar-refractivity contribution is -0.136. The van der Waals surface area contributed by atoms with Crippen LogP contribution in [0.2, 0.25) is 0 Å². The van der Waals surface area contributed by atoms with Crippen LogP contribution in [0.5, 0.6) is 0 Å². The number of fused-ring (bicyclic) bond motifs is 1. The standard InChI is InChI=1S/C23H29N5O4/c1-13-20(15(3)32-27-13)17-9-10-18-22(26-17)28(14(2)16-7-5-4-6-8-16)23(31)21(25-18)24-12-11-19(29)30/h9-10,14,16H,4-8,11-12H2,1-3H3,(H,24,25)(H,29,30)/t14-/m0/s1. The highest BCUT2D eigenvalue weighted by atomic mass is 16.5. The van der Waals surface area contributed by atoms with E-state index in [1.165, 1.54) is 6.42 Å². The molecule has 0 amide bonds. The molecule has 0 aromatic carbocycles.